The predicted octanol–water partition coefficient (Wildman–Crippen LogP) is 4.55. The third-order valence-electron chi connectivity index (χ3n) is 2.68. The molecule has 2 rings (SSSR count). The highest BCUT2D eigenvalue weighted by atomic mass is 32.1. The molecule has 1 heteroatoms. The van der Waals surface area contributed by atoms with Gasteiger partial charge in [-0.25, -0.2) is 0 Å². The summed E-state index contributed by atoms with van der Waals surface area (Å²) in [4.78, 5) is 2.64. The average molecular weight is 202 g/mol. The van der Waals surface area contributed by atoms with Crippen LogP contribution in [0.2, 0.25) is 0 Å². The summed E-state index contributed by atoms with van der Waals surface area (Å²) in [5.41, 5.74) is 2.75. The molecule has 1 aromatic heterocycles. The molecule has 0 aromatic carbocycles. The van der Waals surface area contributed by atoms with Crippen molar-refractivity contribution in [3.8, 4) is 0 Å². The molecule has 0 bridgehead atoms. The van der Waals surface area contributed by atoms with E-state index in [1.807, 2.05) is 23.5 Å². The molecule has 1 heterocycles. The molecule has 1 atom stereocenters. The standard InChI is InChI=1S/C13H14S/c1-4-10-11(5-2)14-12-8-6-7-9(3)13(10)12/h4-6,8-9H,1-2,7H2,3H3. The van der Waals surface area contributed by atoms with E-state index in [2.05, 4.69) is 32.2 Å². The maximum absolute atomic E-state index is 3.89. The molecule has 1 aliphatic carbocycles. The first-order valence-electron chi connectivity index (χ1n) is 4.86. The van der Waals surface area contributed by atoms with Crippen molar-refractivity contribution in [1.82, 2.24) is 0 Å². The van der Waals surface area contributed by atoms with E-state index in [1.165, 1.54) is 20.9 Å². The van der Waals surface area contributed by atoms with Crippen LogP contribution in [-0.2, 0) is 0 Å². The molecule has 0 spiro atoms. The molecule has 1 aromatic rings. The molecule has 0 fully saturated rings. The Morgan fingerprint density at radius 1 is 1.43 bits per heavy atom. The van der Waals surface area contributed by atoms with Crippen LogP contribution in [0.4, 0.5) is 0 Å². The molecular formula is C13H14S. The summed E-state index contributed by atoms with van der Waals surface area (Å²) < 4.78 is 0. The smallest absolute Gasteiger partial charge is 0.0346 e. The number of hydrogen-bond donors (Lipinski definition) is 0. The number of fused-ring (bicyclic) bond motifs is 1. The van der Waals surface area contributed by atoms with Crippen molar-refractivity contribution >= 4 is 29.6 Å². The van der Waals surface area contributed by atoms with Gasteiger partial charge in [0.05, 0.1) is 0 Å². The number of thiophene rings is 1. The van der Waals surface area contributed by atoms with Crippen molar-refractivity contribution in [1.29, 1.82) is 0 Å². The molecule has 0 N–H and O–H groups in total. The van der Waals surface area contributed by atoms with Crippen LogP contribution >= 0.6 is 11.3 Å². The zero-order valence-electron chi connectivity index (χ0n) is 8.42. The lowest BCUT2D eigenvalue weighted by Crippen LogP contribution is -1.98. The van der Waals surface area contributed by atoms with Gasteiger partial charge in [-0.05, 0) is 29.5 Å². The van der Waals surface area contributed by atoms with Crippen LogP contribution in [0.3, 0.4) is 0 Å². The van der Waals surface area contributed by atoms with E-state index in [1.54, 1.807) is 0 Å². The zero-order valence-corrected chi connectivity index (χ0v) is 9.23. The van der Waals surface area contributed by atoms with Crippen molar-refractivity contribution in [2.45, 2.75) is 19.3 Å². The normalized spacial score (nSPS) is 19.1. The van der Waals surface area contributed by atoms with Gasteiger partial charge in [0, 0.05) is 9.75 Å². The van der Waals surface area contributed by atoms with Gasteiger partial charge in [0.15, 0.2) is 0 Å². The summed E-state index contributed by atoms with van der Waals surface area (Å²) in [6.45, 7) is 10.0. The van der Waals surface area contributed by atoms with E-state index < -0.39 is 0 Å². The Hall–Kier alpha value is -1.08. The van der Waals surface area contributed by atoms with E-state index in [0.29, 0.717) is 5.92 Å². The maximum atomic E-state index is 3.89. The third kappa shape index (κ3) is 1.28. The minimum Gasteiger partial charge on any atom is -0.136 e. The first kappa shape index (κ1) is 9.47. The highest BCUT2D eigenvalue weighted by Gasteiger charge is 2.19. The zero-order chi connectivity index (χ0) is 10.1. The Balaban J connectivity index is 2.67. The lowest BCUT2D eigenvalue weighted by Gasteiger charge is -2.14. The second-order valence-electron chi connectivity index (χ2n) is 3.61. The molecule has 0 nitrogen and oxygen atoms in total. The van der Waals surface area contributed by atoms with Crippen LogP contribution < -0.4 is 0 Å². The second-order valence-corrected chi connectivity index (χ2v) is 4.69. The van der Waals surface area contributed by atoms with E-state index in [0.717, 1.165) is 6.42 Å². The lowest BCUT2D eigenvalue weighted by molar-refractivity contribution is 0.775. The summed E-state index contributed by atoms with van der Waals surface area (Å²) >= 11 is 1.81. The quantitative estimate of drug-likeness (QED) is 0.659. The monoisotopic (exact) mass is 202 g/mol. The van der Waals surface area contributed by atoms with Crippen LogP contribution in [0.1, 0.15) is 40.1 Å². The van der Waals surface area contributed by atoms with Gasteiger partial charge in [0.2, 0.25) is 0 Å². The molecule has 1 unspecified atom stereocenters. The second kappa shape index (κ2) is 3.58. The minimum absolute atomic E-state index is 0.618. The van der Waals surface area contributed by atoms with Gasteiger partial charge < -0.3 is 0 Å². The third-order valence-corrected chi connectivity index (χ3v) is 3.86. The van der Waals surface area contributed by atoms with Gasteiger partial charge in [-0.1, -0.05) is 38.3 Å². The molecule has 0 saturated heterocycles. The van der Waals surface area contributed by atoms with Crippen LogP contribution in [0.15, 0.2) is 19.2 Å². The van der Waals surface area contributed by atoms with E-state index in [9.17, 15) is 0 Å². The van der Waals surface area contributed by atoms with Gasteiger partial charge in [0.1, 0.15) is 0 Å². The Morgan fingerprint density at radius 3 is 2.86 bits per heavy atom. The van der Waals surface area contributed by atoms with E-state index in [4.69, 9.17) is 0 Å². The summed E-state index contributed by atoms with van der Waals surface area (Å²) in [5, 5.41) is 0. The van der Waals surface area contributed by atoms with E-state index >= 15 is 0 Å². The molecular weight excluding hydrogens is 188 g/mol. The van der Waals surface area contributed by atoms with Crippen LogP contribution in [-0.4, -0.2) is 0 Å². The minimum atomic E-state index is 0.618. The van der Waals surface area contributed by atoms with Crippen LogP contribution in [0, 0.1) is 0 Å². The van der Waals surface area contributed by atoms with Gasteiger partial charge >= 0.3 is 0 Å². The van der Waals surface area contributed by atoms with Crippen LogP contribution in [0.25, 0.3) is 18.2 Å². The number of rotatable bonds is 2. The van der Waals surface area contributed by atoms with Crippen molar-refractivity contribution in [3.05, 3.63) is 40.1 Å². The number of allylic oxidation sites excluding steroid dienone is 1. The molecule has 72 valence electrons. The Kier molecular flexibility index (Phi) is 2.42. The predicted molar refractivity (Wildman–Crippen MR) is 66.6 cm³/mol. The Morgan fingerprint density at radius 2 is 2.21 bits per heavy atom. The SMILES string of the molecule is C=Cc1sc2c(c1C=C)C(C)CC=C2. The Bertz CT molecular complexity index is 407. The van der Waals surface area contributed by atoms with Crippen molar-refractivity contribution in [2.75, 3.05) is 0 Å². The number of hydrogen-bond acceptors (Lipinski definition) is 1. The van der Waals surface area contributed by atoms with Gasteiger partial charge in [-0.15, -0.1) is 11.3 Å². The molecule has 0 aliphatic heterocycles. The van der Waals surface area contributed by atoms with Gasteiger partial charge in [-0.3, -0.25) is 0 Å². The lowest BCUT2D eigenvalue weighted by atomic mass is 9.90. The first-order chi connectivity index (χ1) is 6.77. The highest BCUT2D eigenvalue weighted by molar-refractivity contribution is 7.14. The maximum Gasteiger partial charge on any atom is 0.0346 e. The van der Waals surface area contributed by atoms with Gasteiger partial charge in [0.25, 0.3) is 0 Å². The average Bonchev–Trinajstić information content (AvgIpc) is 2.56. The van der Waals surface area contributed by atoms with Crippen molar-refractivity contribution in [2.24, 2.45) is 0 Å². The van der Waals surface area contributed by atoms with Gasteiger partial charge in [-0.2, -0.15) is 0 Å². The molecule has 0 saturated carbocycles. The first-order valence-corrected chi connectivity index (χ1v) is 5.67. The fourth-order valence-corrected chi connectivity index (χ4v) is 3.19. The highest BCUT2D eigenvalue weighted by Crippen LogP contribution is 2.40. The van der Waals surface area contributed by atoms with Crippen molar-refractivity contribution in [3.63, 3.8) is 0 Å². The molecule has 1 aliphatic rings. The topological polar surface area (TPSA) is 0 Å². The molecule has 14 heavy (non-hydrogen) atoms. The fraction of sp³-hybridized carbons (Fsp3) is 0.231. The van der Waals surface area contributed by atoms with Crippen LogP contribution in [0.5, 0.6) is 0 Å². The van der Waals surface area contributed by atoms with E-state index in [-0.39, 0.29) is 0 Å². The summed E-state index contributed by atoms with van der Waals surface area (Å²) in [5.74, 6) is 0.618. The summed E-state index contributed by atoms with van der Waals surface area (Å²) in [7, 11) is 0. The molecule has 0 radical (unpaired) electrons. The summed E-state index contributed by atoms with van der Waals surface area (Å²) in [6.07, 6.45) is 9.51. The molecule has 0 amide bonds. The fourth-order valence-electron chi connectivity index (χ4n) is 1.99. The Labute approximate surface area is 89.3 Å². The largest absolute Gasteiger partial charge is 0.136 e. The van der Waals surface area contributed by atoms with Crippen molar-refractivity contribution < 1.29 is 0 Å². The summed E-state index contributed by atoms with van der Waals surface area (Å²) in [6, 6.07) is 0.